The lowest BCUT2D eigenvalue weighted by molar-refractivity contribution is -0.192. The zero-order valence-electron chi connectivity index (χ0n) is 21.7. The number of hydrogen-bond acceptors (Lipinski definition) is 5. The van der Waals surface area contributed by atoms with Gasteiger partial charge in [0, 0.05) is 30.8 Å². The second-order valence-corrected chi connectivity index (χ2v) is 10.2. The highest BCUT2D eigenvalue weighted by Gasteiger charge is 2.41. The van der Waals surface area contributed by atoms with Crippen LogP contribution in [0.5, 0.6) is 0 Å². The number of piperidine rings is 1. The summed E-state index contributed by atoms with van der Waals surface area (Å²) in [4.78, 5) is 37.8. The third-order valence-corrected chi connectivity index (χ3v) is 7.24. The van der Waals surface area contributed by atoms with Crippen molar-refractivity contribution in [1.82, 2.24) is 14.8 Å². The van der Waals surface area contributed by atoms with Crippen LogP contribution in [-0.4, -0.2) is 69.0 Å². The van der Waals surface area contributed by atoms with Crippen LogP contribution >= 0.6 is 0 Å². The van der Waals surface area contributed by atoms with Gasteiger partial charge in [0.2, 0.25) is 0 Å². The molecule has 8 nitrogen and oxygen atoms in total. The van der Waals surface area contributed by atoms with Crippen molar-refractivity contribution >= 4 is 22.8 Å². The molecule has 0 radical (unpaired) electrons. The highest BCUT2D eigenvalue weighted by atomic mass is 19.4. The van der Waals surface area contributed by atoms with E-state index in [0.29, 0.717) is 12.1 Å². The maximum Gasteiger partial charge on any atom is 0.490 e. The van der Waals surface area contributed by atoms with Crippen molar-refractivity contribution in [2.75, 3.05) is 13.2 Å². The lowest BCUT2D eigenvalue weighted by Crippen LogP contribution is -2.51. The maximum absolute atomic E-state index is 13.1. The van der Waals surface area contributed by atoms with Gasteiger partial charge >= 0.3 is 12.1 Å². The molecule has 1 aromatic carbocycles. The number of unbranched alkanes of at least 4 members (excludes halogenated alkanes) is 2. The fourth-order valence-corrected chi connectivity index (χ4v) is 5.56. The van der Waals surface area contributed by atoms with Crippen molar-refractivity contribution in [1.29, 1.82) is 0 Å². The molecule has 0 spiro atoms. The van der Waals surface area contributed by atoms with Gasteiger partial charge in [0.25, 0.3) is 11.5 Å². The van der Waals surface area contributed by atoms with Crippen molar-refractivity contribution in [3.8, 4) is 0 Å². The first-order valence-corrected chi connectivity index (χ1v) is 13.1. The van der Waals surface area contributed by atoms with Gasteiger partial charge in [-0.15, -0.1) is 0 Å². The van der Waals surface area contributed by atoms with Crippen molar-refractivity contribution < 1.29 is 33.0 Å². The summed E-state index contributed by atoms with van der Waals surface area (Å²) in [7, 11) is 0. The number of para-hydroxylation sites is 1. The highest BCUT2D eigenvalue weighted by Crippen LogP contribution is 2.36. The molecule has 2 aliphatic heterocycles. The average Bonchev–Trinajstić information content (AvgIpc) is 3.08. The molecule has 2 fully saturated rings. The quantitative estimate of drug-likeness (QED) is 0.436. The van der Waals surface area contributed by atoms with Crippen LogP contribution in [0.1, 0.15) is 75.2 Å². The van der Waals surface area contributed by atoms with E-state index in [9.17, 15) is 22.8 Å². The number of rotatable bonds is 8. The smallest absolute Gasteiger partial charge is 0.475 e. The summed E-state index contributed by atoms with van der Waals surface area (Å²) in [5.41, 5.74) is 0.897. The minimum atomic E-state index is -5.08. The van der Waals surface area contributed by atoms with Crippen molar-refractivity contribution in [3.63, 3.8) is 0 Å². The first-order chi connectivity index (χ1) is 17.9. The van der Waals surface area contributed by atoms with Crippen molar-refractivity contribution in [3.05, 3.63) is 46.2 Å². The van der Waals surface area contributed by atoms with E-state index in [1.807, 2.05) is 38.1 Å². The molecule has 11 heteroatoms. The molecular formula is C27H36F3N3O5. The highest BCUT2D eigenvalue weighted by molar-refractivity contribution is 5.97. The van der Waals surface area contributed by atoms with Crippen LogP contribution < -0.4 is 10.9 Å². The Morgan fingerprint density at radius 2 is 1.68 bits per heavy atom. The fourth-order valence-electron chi connectivity index (χ4n) is 5.56. The number of nitrogens with one attached hydrogen (secondary N) is 1. The first-order valence-electron chi connectivity index (χ1n) is 13.1. The lowest BCUT2D eigenvalue weighted by atomic mass is 9.96. The number of alkyl halides is 3. The van der Waals surface area contributed by atoms with E-state index < -0.39 is 12.1 Å². The van der Waals surface area contributed by atoms with E-state index in [0.717, 1.165) is 49.6 Å². The molecule has 1 unspecified atom stereocenters. The SMILES string of the molecule is CC(C)n1c(=O)c(C(=O)NC2C[C@H]3CC[C@@H](C2)N3CCCCCO)cc2ccccc21.O=C(O)C(F)(F)F. The monoisotopic (exact) mass is 539 g/mol. The van der Waals surface area contributed by atoms with Gasteiger partial charge in [0.05, 0.1) is 5.52 Å². The van der Waals surface area contributed by atoms with Crippen LogP contribution in [-0.2, 0) is 4.79 Å². The Hall–Kier alpha value is -2.92. The molecule has 38 heavy (non-hydrogen) atoms. The fraction of sp³-hybridized carbons (Fsp3) is 0.593. The molecular weight excluding hydrogens is 503 g/mol. The van der Waals surface area contributed by atoms with Gasteiger partial charge in [-0.05, 0) is 82.9 Å². The molecule has 4 rings (SSSR count). The lowest BCUT2D eigenvalue weighted by Gasteiger charge is -2.39. The zero-order chi connectivity index (χ0) is 28.0. The predicted molar refractivity (Wildman–Crippen MR) is 137 cm³/mol. The Morgan fingerprint density at radius 3 is 2.24 bits per heavy atom. The molecule has 210 valence electrons. The van der Waals surface area contributed by atoms with E-state index in [1.165, 1.54) is 12.8 Å². The number of aliphatic hydroxyl groups is 1. The number of hydrogen-bond donors (Lipinski definition) is 3. The van der Waals surface area contributed by atoms with Crippen LogP contribution in [0.25, 0.3) is 10.9 Å². The van der Waals surface area contributed by atoms with E-state index in [-0.39, 0.29) is 35.7 Å². The number of carboxylic acid groups (broad SMARTS) is 1. The number of aliphatic carboxylic acids is 1. The van der Waals surface area contributed by atoms with Gasteiger partial charge in [-0.3, -0.25) is 14.5 Å². The third kappa shape index (κ3) is 7.13. The van der Waals surface area contributed by atoms with Gasteiger partial charge < -0.3 is 20.1 Å². The molecule has 2 saturated heterocycles. The number of carbonyl (C=O) groups excluding carboxylic acids is 1. The topological polar surface area (TPSA) is 112 Å². The van der Waals surface area contributed by atoms with Crippen molar-refractivity contribution in [2.24, 2.45) is 0 Å². The number of nitrogens with zero attached hydrogens (tertiary/aromatic N) is 2. The number of carbonyl (C=O) groups is 2. The van der Waals surface area contributed by atoms with Crippen LogP contribution in [0.3, 0.4) is 0 Å². The van der Waals surface area contributed by atoms with Gasteiger partial charge in [0.15, 0.2) is 0 Å². The summed E-state index contributed by atoms with van der Waals surface area (Å²) in [6.07, 6.45) is 2.26. The second-order valence-electron chi connectivity index (χ2n) is 10.2. The minimum absolute atomic E-state index is 0.0185. The summed E-state index contributed by atoms with van der Waals surface area (Å²) >= 11 is 0. The predicted octanol–water partition coefficient (Wildman–Crippen LogP) is 4.10. The number of fused-ring (bicyclic) bond motifs is 3. The van der Waals surface area contributed by atoms with Crippen LogP contribution in [0.2, 0.25) is 0 Å². The normalized spacial score (nSPS) is 21.3. The Kier molecular flexibility index (Phi) is 9.94. The summed E-state index contributed by atoms with van der Waals surface area (Å²) in [5.74, 6) is -3.00. The molecule has 1 amide bonds. The van der Waals surface area contributed by atoms with E-state index in [1.54, 1.807) is 10.6 Å². The zero-order valence-corrected chi connectivity index (χ0v) is 21.7. The molecule has 2 aliphatic rings. The maximum atomic E-state index is 13.1. The number of aliphatic hydroxyl groups excluding tert-OH is 1. The van der Waals surface area contributed by atoms with E-state index >= 15 is 0 Å². The number of pyridine rings is 1. The summed E-state index contributed by atoms with van der Waals surface area (Å²) < 4.78 is 33.5. The van der Waals surface area contributed by atoms with Crippen LogP contribution in [0.15, 0.2) is 35.1 Å². The minimum Gasteiger partial charge on any atom is -0.475 e. The summed E-state index contributed by atoms with van der Waals surface area (Å²) in [6, 6.07) is 10.6. The third-order valence-electron chi connectivity index (χ3n) is 7.24. The Morgan fingerprint density at radius 1 is 1.08 bits per heavy atom. The number of benzene rings is 1. The van der Waals surface area contributed by atoms with Crippen LogP contribution in [0.4, 0.5) is 13.2 Å². The van der Waals surface area contributed by atoms with E-state index in [4.69, 9.17) is 15.0 Å². The van der Waals surface area contributed by atoms with Gasteiger partial charge in [0.1, 0.15) is 5.56 Å². The number of halogens is 3. The second kappa shape index (κ2) is 12.8. The van der Waals surface area contributed by atoms with Gasteiger partial charge in [-0.1, -0.05) is 18.2 Å². The number of amides is 1. The molecule has 3 N–H and O–H groups in total. The number of carboxylic acids is 1. The van der Waals surface area contributed by atoms with Gasteiger partial charge in [-0.2, -0.15) is 13.2 Å². The van der Waals surface area contributed by atoms with Gasteiger partial charge in [-0.25, -0.2) is 4.79 Å². The van der Waals surface area contributed by atoms with Crippen LogP contribution in [0, 0.1) is 0 Å². The standard InChI is InChI=1S/C25H35N3O3.C2HF3O2/c1-17(2)28-23-9-5-4-8-18(23)14-22(25(28)31)24(30)26-19-15-20-10-11-21(16-19)27(20)12-6-3-7-13-29;3-2(4,5)1(6)7/h4-5,8-9,14,17,19-21,29H,3,6-7,10-13,15-16H2,1-2H3,(H,26,30);(H,6,7)/t19?,20-,21+;. The Labute approximate surface area is 219 Å². The van der Waals surface area contributed by atoms with Crippen molar-refractivity contribution in [2.45, 2.75) is 89.1 Å². The molecule has 0 aliphatic carbocycles. The van der Waals surface area contributed by atoms with E-state index in [2.05, 4.69) is 10.2 Å². The molecule has 3 heterocycles. The molecule has 0 saturated carbocycles. The first kappa shape index (κ1) is 29.6. The largest absolute Gasteiger partial charge is 0.490 e. The molecule has 3 atom stereocenters. The Bertz CT molecular complexity index is 1170. The summed E-state index contributed by atoms with van der Waals surface area (Å²) in [6.45, 7) is 5.31. The molecule has 2 aromatic rings. The molecule has 1 aromatic heterocycles. The number of aromatic nitrogens is 1. The average molecular weight is 540 g/mol. The Balaban J connectivity index is 0.000000505. The molecule has 2 bridgehead atoms. The summed E-state index contributed by atoms with van der Waals surface area (Å²) in [5, 5.41) is 20.2.